The van der Waals surface area contributed by atoms with E-state index in [4.69, 9.17) is 5.11 Å². The van der Waals surface area contributed by atoms with E-state index in [0.29, 0.717) is 12.8 Å². The summed E-state index contributed by atoms with van der Waals surface area (Å²) in [6, 6.07) is 0. The van der Waals surface area contributed by atoms with Gasteiger partial charge in [-0.3, -0.25) is 14.9 Å². The minimum Gasteiger partial charge on any atom is -0.481 e. The molecule has 0 atom stereocenters. The molecule has 0 spiro atoms. The van der Waals surface area contributed by atoms with Crippen molar-refractivity contribution < 1.29 is 14.8 Å². The Morgan fingerprint density at radius 3 is 2.30 bits per heavy atom. The third-order valence-electron chi connectivity index (χ3n) is 3.68. The summed E-state index contributed by atoms with van der Waals surface area (Å²) in [5.74, 6) is -0.744. The largest absolute Gasteiger partial charge is 0.481 e. The van der Waals surface area contributed by atoms with Gasteiger partial charge in [-0.05, 0) is 38.2 Å². The second-order valence-corrected chi connectivity index (χ2v) is 5.82. The van der Waals surface area contributed by atoms with Gasteiger partial charge in [-0.25, -0.2) is 0 Å². The lowest BCUT2D eigenvalue weighted by Gasteiger charge is -1.99. The smallest absolute Gasteiger partial charge is 0.303 e. The third-order valence-corrected chi connectivity index (χ3v) is 3.68. The first kappa shape index (κ1) is 21.4. The van der Waals surface area contributed by atoms with Crippen molar-refractivity contribution in [1.82, 2.24) is 0 Å². The van der Waals surface area contributed by atoms with Crippen LogP contribution in [0, 0.1) is 10.1 Å². The van der Waals surface area contributed by atoms with Gasteiger partial charge >= 0.3 is 5.97 Å². The number of unbranched alkanes of at least 4 members (excludes halogenated alkanes) is 8. The molecule has 0 rings (SSSR count). The summed E-state index contributed by atoms with van der Waals surface area (Å²) in [6.45, 7) is 2.16. The van der Waals surface area contributed by atoms with Crippen LogP contribution in [0.15, 0.2) is 23.9 Å². The van der Waals surface area contributed by atoms with Crippen LogP contribution >= 0.6 is 0 Å². The van der Waals surface area contributed by atoms with Gasteiger partial charge in [0.2, 0.25) is 5.70 Å². The van der Waals surface area contributed by atoms with Crippen LogP contribution in [0.3, 0.4) is 0 Å². The summed E-state index contributed by atoms with van der Waals surface area (Å²) in [4.78, 5) is 21.1. The van der Waals surface area contributed by atoms with Crippen molar-refractivity contribution >= 4 is 5.97 Å². The number of nitro groups is 1. The maximum atomic E-state index is 11.0. The topological polar surface area (TPSA) is 80.4 Å². The fourth-order valence-electron chi connectivity index (χ4n) is 2.29. The molecule has 0 bridgehead atoms. The number of allylic oxidation sites excluding steroid dienone is 3. The molecular weight excluding hydrogens is 294 g/mol. The molecule has 0 saturated heterocycles. The zero-order chi connectivity index (χ0) is 17.3. The standard InChI is InChI=1S/C18H31NO4/c1-2-3-4-5-8-11-14-17(19(22)23)15-12-9-6-7-10-13-16-18(20)21/h8,11,15H,2-7,9-10,12-14,16H2,1H3,(H,20,21)/b11-8?,17-15+. The van der Waals surface area contributed by atoms with Crippen LogP contribution in [0.25, 0.3) is 0 Å². The number of hydrogen-bond donors (Lipinski definition) is 1. The summed E-state index contributed by atoms with van der Waals surface area (Å²) < 4.78 is 0. The molecule has 0 heterocycles. The second-order valence-electron chi connectivity index (χ2n) is 5.82. The van der Waals surface area contributed by atoms with Gasteiger partial charge in [-0.1, -0.05) is 51.2 Å². The molecule has 0 aromatic heterocycles. The van der Waals surface area contributed by atoms with E-state index >= 15 is 0 Å². The molecule has 5 heteroatoms. The fourth-order valence-corrected chi connectivity index (χ4v) is 2.29. The number of hydrogen-bond acceptors (Lipinski definition) is 3. The number of carbonyl (C=O) groups is 1. The van der Waals surface area contributed by atoms with Gasteiger partial charge < -0.3 is 5.11 Å². The van der Waals surface area contributed by atoms with E-state index in [2.05, 4.69) is 6.92 Å². The van der Waals surface area contributed by atoms with Crippen molar-refractivity contribution in [3.63, 3.8) is 0 Å². The highest BCUT2D eigenvalue weighted by atomic mass is 16.6. The summed E-state index contributed by atoms with van der Waals surface area (Å²) >= 11 is 0. The molecule has 0 aromatic rings. The van der Waals surface area contributed by atoms with Gasteiger partial charge in [0.1, 0.15) is 0 Å². The molecule has 132 valence electrons. The number of nitrogens with zero attached hydrogens (tertiary/aromatic N) is 1. The van der Waals surface area contributed by atoms with Crippen LogP contribution in [-0.2, 0) is 4.79 Å². The second kappa shape index (κ2) is 15.3. The highest BCUT2D eigenvalue weighted by Crippen LogP contribution is 2.11. The van der Waals surface area contributed by atoms with E-state index in [0.717, 1.165) is 44.9 Å². The van der Waals surface area contributed by atoms with Gasteiger partial charge in [-0.15, -0.1) is 0 Å². The van der Waals surface area contributed by atoms with Crippen LogP contribution in [0.4, 0.5) is 0 Å². The monoisotopic (exact) mass is 325 g/mol. The van der Waals surface area contributed by atoms with Crippen molar-refractivity contribution in [2.75, 3.05) is 0 Å². The normalized spacial score (nSPS) is 12.0. The Kier molecular flexibility index (Phi) is 14.2. The number of rotatable bonds is 15. The predicted octanol–water partition coefficient (Wildman–Crippen LogP) is 5.49. The molecule has 0 fully saturated rings. The van der Waals surface area contributed by atoms with E-state index in [1.807, 2.05) is 12.2 Å². The minimum atomic E-state index is -0.744. The van der Waals surface area contributed by atoms with E-state index < -0.39 is 5.97 Å². The van der Waals surface area contributed by atoms with Crippen molar-refractivity contribution in [2.24, 2.45) is 0 Å². The lowest BCUT2D eigenvalue weighted by atomic mass is 10.1. The van der Waals surface area contributed by atoms with Gasteiger partial charge in [-0.2, -0.15) is 0 Å². The maximum Gasteiger partial charge on any atom is 0.303 e. The number of carboxylic acid groups (broad SMARTS) is 1. The van der Waals surface area contributed by atoms with Gasteiger partial charge in [0.25, 0.3) is 0 Å². The van der Waals surface area contributed by atoms with Gasteiger partial charge in [0, 0.05) is 6.42 Å². The Morgan fingerprint density at radius 2 is 1.65 bits per heavy atom. The van der Waals surface area contributed by atoms with Crippen LogP contribution < -0.4 is 0 Å². The highest BCUT2D eigenvalue weighted by Gasteiger charge is 2.07. The summed E-state index contributed by atoms with van der Waals surface area (Å²) in [5, 5.41) is 19.5. The zero-order valence-corrected chi connectivity index (χ0v) is 14.3. The summed E-state index contributed by atoms with van der Waals surface area (Å²) in [7, 11) is 0. The predicted molar refractivity (Wildman–Crippen MR) is 92.9 cm³/mol. The average molecular weight is 325 g/mol. The molecule has 5 nitrogen and oxygen atoms in total. The van der Waals surface area contributed by atoms with Gasteiger partial charge in [0.15, 0.2) is 0 Å². The lowest BCUT2D eigenvalue weighted by molar-refractivity contribution is -0.427. The summed E-state index contributed by atoms with van der Waals surface area (Å²) in [6.07, 6.45) is 16.1. The molecule has 23 heavy (non-hydrogen) atoms. The molecule has 0 amide bonds. The van der Waals surface area contributed by atoms with Gasteiger partial charge in [0.05, 0.1) is 11.3 Å². The Balaban J connectivity index is 3.81. The Labute approximate surface area is 139 Å². The van der Waals surface area contributed by atoms with E-state index in [-0.39, 0.29) is 17.0 Å². The molecule has 0 radical (unpaired) electrons. The molecule has 1 N–H and O–H groups in total. The first-order valence-corrected chi connectivity index (χ1v) is 8.78. The van der Waals surface area contributed by atoms with Crippen LogP contribution in [-0.4, -0.2) is 16.0 Å². The molecule has 0 aromatic carbocycles. The Morgan fingerprint density at radius 1 is 1.00 bits per heavy atom. The quantitative estimate of drug-likeness (QED) is 0.187. The minimum absolute atomic E-state index is 0.232. The van der Waals surface area contributed by atoms with Crippen molar-refractivity contribution in [3.8, 4) is 0 Å². The van der Waals surface area contributed by atoms with Crippen LogP contribution in [0.5, 0.6) is 0 Å². The lowest BCUT2D eigenvalue weighted by Crippen LogP contribution is -1.97. The summed E-state index contributed by atoms with van der Waals surface area (Å²) in [5.41, 5.74) is 0.280. The van der Waals surface area contributed by atoms with E-state index in [1.54, 1.807) is 6.08 Å². The van der Waals surface area contributed by atoms with Crippen molar-refractivity contribution in [3.05, 3.63) is 34.0 Å². The third kappa shape index (κ3) is 15.0. The first-order chi connectivity index (χ1) is 11.1. The zero-order valence-electron chi connectivity index (χ0n) is 14.3. The molecule has 0 aliphatic carbocycles. The highest BCUT2D eigenvalue weighted by molar-refractivity contribution is 5.66. The molecular formula is C18H31NO4. The van der Waals surface area contributed by atoms with Crippen molar-refractivity contribution in [2.45, 2.75) is 84.0 Å². The molecule has 0 aliphatic rings. The SMILES string of the molecule is CCCCCC=CC/C(=C\CCCCCCCC(=O)O)[N+](=O)[O-]. The Hall–Kier alpha value is -1.65. The van der Waals surface area contributed by atoms with E-state index in [1.165, 1.54) is 12.8 Å². The molecule has 0 saturated carbocycles. The fraction of sp³-hybridized carbons (Fsp3) is 0.722. The average Bonchev–Trinajstić information content (AvgIpc) is 2.50. The number of carboxylic acids is 1. The Bertz CT molecular complexity index is 388. The molecule has 0 aliphatic heterocycles. The van der Waals surface area contributed by atoms with Crippen LogP contribution in [0.1, 0.15) is 84.0 Å². The van der Waals surface area contributed by atoms with Crippen molar-refractivity contribution in [1.29, 1.82) is 0 Å². The van der Waals surface area contributed by atoms with E-state index in [9.17, 15) is 14.9 Å². The molecule has 0 unspecified atom stereocenters. The maximum absolute atomic E-state index is 11.0. The number of aliphatic carboxylic acids is 1. The first-order valence-electron chi connectivity index (χ1n) is 8.78. The van der Waals surface area contributed by atoms with Crippen LogP contribution in [0.2, 0.25) is 0 Å².